The first-order valence-corrected chi connectivity index (χ1v) is 0. The molecule has 0 aromatic rings. The van der Waals surface area contributed by atoms with E-state index in [1.165, 1.54) is 0 Å². The second-order valence-corrected chi connectivity index (χ2v) is 0. The molecule has 0 aromatic heterocycles. The first kappa shape index (κ1) is 41.6. The van der Waals surface area contributed by atoms with Crippen LogP contribution in [0.4, 0.5) is 0 Å². The van der Waals surface area contributed by atoms with Crippen LogP contribution in [0.25, 0.3) is 0 Å². The van der Waals surface area contributed by atoms with Gasteiger partial charge in [0.25, 0.3) is 0 Å². The van der Waals surface area contributed by atoms with Crippen LogP contribution in [0.5, 0.6) is 0 Å². The summed E-state index contributed by atoms with van der Waals surface area (Å²) in [6.07, 6.45) is 0. The summed E-state index contributed by atoms with van der Waals surface area (Å²) in [7, 11) is 0. The third-order valence-electron chi connectivity index (χ3n) is 0. The molecule has 0 bridgehead atoms. The molecule has 5 heavy (non-hydrogen) atoms. The Morgan fingerprint density at radius 2 is 1.00 bits per heavy atom. The SMILES string of the molecule is [B].[Cu].[Fe].[Nb].[Nd]. The number of hydrogen-bond donors (Lipinski definition) is 0. The molecule has 0 aliphatic carbocycles. The van der Waals surface area contributed by atoms with Gasteiger partial charge < -0.3 is 0 Å². The molecule has 0 saturated heterocycles. The molecule has 0 fully saturated rings. The first-order valence-electron chi connectivity index (χ1n) is 0. The summed E-state index contributed by atoms with van der Waals surface area (Å²) >= 11 is 0. The van der Waals surface area contributed by atoms with E-state index in [4.69, 9.17) is 0 Å². The average Bonchev–Trinajstić information content (AvgIpc) is 0. The van der Waals surface area contributed by atoms with E-state index in [1.54, 1.807) is 0 Å². The molecule has 0 amide bonds. The van der Waals surface area contributed by atoms with Crippen LogP contribution in [-0.4, -0.2) is 8.41 Å². The largest absolute Gasteiger partial charge is 0 e. The number of hydrogen-bond acceptors (Lipinski definition) is 0. The van der Waals surface area contributed by atoms with Crippen LogP contribution in [0.1, 0.15) is 0 Å². The zero-order chi connectivity index (χ0) is 0. The quantitative estimate of drug-likeness (QED) is 0.512. The molecule has 0 heterocycles. The molecule has 31 valence electrons. The van der Waals surface area contributed by atoms with Crippen molar-refractivity contribution in [3.05, 3.63) is 0 Å². The van der Waals surface area contributed by atoms with Crippen LogP contribution in [0, 0.1) is 40.8 Å². The van der Waals surface area contributed by atoms with E-state index in [0.717, 1.165) is 0 Å². The Hall–Kier alpha value is 3.19. The minimum Gasteiger partial charge on any atom is 0 e. The van der Waals surface area contributed by atoms with Crippen LogP contribution >= 0.6 is 0 Å². The molecule has 0 spiro atoms. The van der Waals surface area contributed by atoms with Crippen molar-refractivity contribution >= 4 is 8.41 Å². The van der Waals surface area contributed by atoms with Gasteiger partial charge in [0.05, 0.1) is 0 Å². The molecule has 0 nitrogen and oxygen atoms in total. The van der Waals surface area contributed by atoms with Crippen molar-refractivity contribution in [3.8, 4) is 0 Å². The van der Waals surface area contributed by atoms with E-state index < -0.39 is 0 Å². The molecular weight excluding hydrogens is 367 g/mol. The summed E-state index contributed by atoms with van der Waals surface area (Å²) < 4.78 is 0. The molecule has 0 saturated carbocycles. The van der Waals surface area contributed by atoms with E-state index in [0.29, 0.717) is 0 Å². The zero-order valence-corrected chi connectivity index (χ0v) is 9.63. The monoisotopic (exact) mass is 365 g/mol. The van der Waals surface area contributed by atoms with Gasteiger partial charge in [0, 0.05) is 106 Å². The topological polar surface area (TPSA) is 0 Å². The van der Waals surface area contributed by atoms with Crippen molar-refractivity contribution in [2.24, 2.45) is 0 Å². The Bertz CT molecular complexity index is 11.6. The maximum absolute atomic E-state index is 0. The first-order chi connectivity index (χ1) is 0. The Kier molecular flexibility index (Phi) is 225. The molecule has 0 aromatic carbocycles. The van der Waals surface area contributed by atoms with Gasteiger partial charge in [-0.1, -0.05) is 0 Å². The maximum Gasteiger partial charge on any atom is 0 e. The van der Waals surface area contributed by atoms with E-state index in [-0.39, 0.29) is 106 Å². The minimum absolute atomic E-state index is 0. The third kappa shape index (κ3) is 19.0. The molecule has 0 aliphatic rings. The van der Waals surface area contributed by atoms with E-state index in [2.05, 4.69) is 0 Å². The van der Waals surface area contributed by atoms with Gasteiger partial charge in [-0.25, -0.2) is 0 Å². The Labute approximate surface area is 104 Å². The molecule has 5 heteroatoms. The number of rotatable bonds is 0. The van der Waals surface area contributed by atoms with Gasteiger partial charge in [-0.15, -0.1) is 0 Å². The smallest absolute Gasteiger partial charge is 0 e. The van der Waals surface area contributed by atoms with E-state index in [1.807, 2.05) is 0 Å². The Morgan fingerprint density at radius 1 is 1.00 bits per heavy atom. The van der Waals surface area contributed by atoms with Crippen molar-refractivity contribution in [1.82, 2.24) is 0 Å². The molecule has 0 unspecified atom stereocenters. The average molecular weight is 367 g/mol. The van der Waals surface area contributed by atoms with Gasteiger partial charge in [-0.05, 0) is 0 Å². The molecular formula is BCuFeNbNd. The standard InChI is InChI=1S/B.Cu.Fe.Nb.Nd. The fraction of sp³-hybridized carbons (Fsp3) is 0. The summed E-state index contributed by atoms with van der Waals surface area (Å²) in [6.45, 7) is 0. The summed E-state index contributed by atoms with van der Waals surface area (Å²) in [6, 6.07) is 0. The fourth-order valence-electron chi connectivity index (χ4n) is 0. The summed E-state index contributed by atoms with van der Waals surface area (Å²) in [4.78, 5) is 0. The molecule has 0 rings (SSSR count). The predicted molar refractivity (Wildman–Crippen MR) is 5.75 cm³/mol. The Morgan fingerprint density at radius 3 is 1.00 bits per heavy atom. The van der Waals surface area contributed by atoms with Crippen molar-refractivity contribution in [3.63, 3.8) is 0 Å². The summed E-state index contributed by atoms with van der Waals surface area (Å²) in [5.74, 6) is 0. The van der Waals surface area contributed by atoms with Crippen LogP contribution in [0.15, 0.2) is 0 Å². The zero-order valence-electron chi connectivity index (χ0n) is 2.18. The third-order valence-corrected chi connectivity index (χ3v) is 0. The Balaban J connectivity index is 0. The molecule has 5 radical (unpaired) electrons. The normalized spacial score (nSPS) is 0. The van der Waals surface area contributed by atoms with Gasteiger partial charge >= 0.3 is 0 Å². The van der Waals surface area contributed by atoms with Crippen LogP contribution in [-0.2, 0) is 56.5 Å². The second kappa shape index (κ2) is 27.1. The summed E-state index contributed by atoms with van der Waals surface area (Å²) in [5, 5.41) is 0. The van der Waals surface area contributed by atoms with Gasteiger partial charge in [0.1, 0.15) is 0 Å². The van der Waals surface area contributed by atoms with E-state index >= 15 is 0 Å². The predicted octanol–water partition coefficient (Wildman–Crippen LogP) is -0.388. The molecule has 0 N–H and O–H groups in total. The van der Waals surface area contributed by atoms with Crippen LogP contribution < -0.4 is 0 Å². The molecule has 0 aliphatic heterocycles. The minimum atomic E-state index is 0. The van der Waals surface area contributed by atoms with Gasteiger partial charge in [-0.2, -0.15) is 0 Å². The van der Waals surface area contributed by atoms with Gasteiger partial charge in [0.2, 0.25) is 0 Å². The van der Waals surface area contributed by atoms with Crippen molar-refractivity contribution in [1.29, 1.82) is 0 Å². The maximum atomic E-state index is 0. The fourth-order valence-corrected chi connectivity index (χ4v) is 0. The second-order valence-electron chi connectivity index (χ2n) is 0. The van der Waals surface area contributed by atoms with Gasteiger partial charge in [-0.3, -0.25) is 0 Å². The molecule has 0 atom stereocenters. The van der Waals surface area contributed by atoms with Crippen molar-refractivity contribution in [2.45, 2.75) is 0 Å². The van der Waals surface area contributed by atoms with Crippen LogP contribution in [0.2, 0.25) is 0 Å². The van der Waals surface area contributed by atoms with Crippen LogP contribution in [0.3, 0.4) is 0 Å². The summed E-state index contributed by atoms with van der Waals surface area (Å²) in [5.41, 5.74) is 0. The van der Waals surface area contributed by atoms with E-state index in [9.17, 15) is 0 Å². The van der Waals surface area contributed by atoms with Crippen molar-refractivity contribution < 1.29 is 97.4 Å². The van der Waals surface area contributed by atoms with Crippen molar-refractivity contribution in [2.75, 3.05) is 0 Å². The van der Waals surface area contributed by atoms with Gasteiger partial charge in [0.15, 0.2) is 0 Å².